The van der Waals surface area contributed by atoms with Crippen molar-refractivity contribution in [3.8, 4) is 9.88 Å². The molecule has 2 heterocycles. The third-order valence-electron chi connectivity index (χ3n) is 2.35. The summed E-state index contributed by atoms with van der Waals surface area (Å²) < 4.78 is 0. The zero-order valence-electron chi connectivity index (χ0n) is 11.0. The number of nitrogens with zero attached hydrogens (tertiary/aromatic N) is 4. The van der Waals surface area contributed by atoms with Gasteiger partial charge in [-0.15, -0.1) is 10.2 Å². The maximum Gasteiger partial charge on any atom is 0.206 e. The van der Waals surface area contributed by atoms with Crippen molar-refractivity contribution >= 4 is 32.9 Å². The van der Waals surface area contributed by atoms with Crippen LogP contribution in [0.25, 0.3) is 9.88 Å². The summed E-state index contributed by atoms with van der Waals surface area (Å²) in [6.45, 7) is 5.03. The van der Waals surface area contributed by atoms with Crippen molar-refractivity contribution in [2.75, 3.05) is 30.9 Å². The fraction of sp³-hybridized carbons (Fsp3) is 0.545. The van der Waals surface area contributed by atoms with E-state index in [1.165, 1.54) is 0 Å². The molecule has 2 rings (SSSR count). The van der Waals surface area contributed by atoms with E-state index in [2.05, 4.69) is 34.3 Å². The van der Waals surface area contributed by atoms with Crippen molar-refractivity contribution in [1.82, 2.24) is 15.2 Å². The smallest absolute Gasteiger partial charge is 0.206 e. The molecule has 0 saturated heterocycles. The lowest BCUT2D eigenvalue weighted by Crippen LogP contribution is -2.07. The fourth-order valence-corrected chi connectivity index (χ4v) is 3.46. The molecule has 0 radical (unpaired) electrons. The quantitative estimate of drug-likeness (QED) is 0.914. The van der Waals surface area contributed by atoms with E-state index >= 15 is 0 Å². The van der Waals surface area contributed by atoms with Crippen LogP contribution in [0.15, 0.2) is 0 Å². The van der Waals surface area contributed by atoms with E-state index in [4.69, 9.17) is 0 Å². The highest BCUT2D eigenvalue weighted by Crippen LogP contribution is 2.37. The van der Waals surface area contributed by atoms with Gasteiger partial charge in [-0.3, -0.25) is 0 Å². The maximum absolute atomic E-state index is 4.62. The van der Waals surface area contributed by atoms with E-state index in [1.54, 1.807) is 22.7 Å². The predicted octanol–water partition coefficient (Wildman–Crippen LogP) is 2.72. The van der Waals surface area contributed by atoms with Gasteiger partial charge in [-0.2, -0.15) is 0 Å². The maximum atomic E-state index is 4.62. The topological polar surface area (TPSA) is 53.9 Å². The van der Waals surface area contributed by atoms with Crippen LogP contribution in [0.1, 0.15) is 19.5 Å². The summed E-state index contributed by atoms with van der Waals surface area (Å²) in [4.78, 5) is 7.79. The molecule has 0 fully saturated rings. The molecule has 0 aliphatic carbocycles. The molecular formula is C11H17N5S2. The molecule has 0 spiro atoms. The second-order valence-electron chi connectivity index (χ2n) is 3.96. The number of hydrogen-bond acceptors (Lipinski definition) is 7. The van der Waals surface area contributed by atoms with Crippen LogP contribution in [0, 0.1) is 0 Å². The van der Waals surface area contributed by atoms with Gasteiger partial charge >= 0.3 is 0 Å². The molecule has 2 aromatic heterocycles. The first kappa shape index (κ1) is 13.2. The molecule has 0 aliphatic heterocycles. The Bertz CT molecular complexity index is 517. The first-order chi connectivity index (χ1) is 8.65. The number of rotatable bonds is 5. The third-order valence-corrected chi connectivity index (χ3v) is 4.65. The summed E-state index contributed by atoms with van der Waals surface area (Å²) >= 11 is 3.26. The van der Waals surface area contributed by atoms with E-state index in [1.807, 2.05) is 19.0 Å². The van der Waals surface area contributed by atoms with Gasteiger partial charge in [-0.25, -0.2) is 4.98 Å². The lowest BCUT2D eigenvalue weighted by molar-refractivity contribution is 1.02. The largest absolute Gasteiger partial charge is 0.360 e. The van der Waals surface area contributed by atoms with Gasteiger partial charge in [0.25, 0.3) is 0 Å². The Morgan fingerprint density at radius 2 is 1.94 bits per heavy atom. The van der Waals surface area contributed by atoms with Gasteiger partial charge in [-0.05, 0) is 13.3 Å². The summed E-state index contributed by atoms with van der Waals surface area (Å²) in [5.41, 5.74) is 1.10. The molecule has 0 amide bonds. The molecule has 0 unspecified atom stereocenters. The highest BCUT2D eigenvalue weighted by molar-refractivity contribution is 7.25. The average molecular weight is 283 g/mol. The molecule has 7 heteroatoms. The van der Waals surface area contributed by atoms with Crippen LogP contribution in [-0.2, 0) is 6.42 Å². The molecule has 2 aromatic rings. The second kappa shape index (κ2) is 5.62. The third kappa shape index (κ3) is 2.62. The first-order valence-electron chi connectivity index (χ1n) is 5.90. The zero-order valence-corrected chi connectivity index (χ0v) is 12.7. The van der Waals surface area contributed by atoms with Crippen LogP contribution in [0.5, 0.6) is 0 Å². The minimum absolute atomic E-state index is 0.862. The van der Waals surface area contributed by atoms with Crippen LogP contribution in [0.4, 0.5) is 10.3 Å². The van der Waals surface area contributed by atoms with Gasteiger partial charge in [0.1, 0.15) is 0 Å². The zero-order chi connectivity index (χ0) is 13.1. The van der Waals surface area contributed by atoms with Crippen LogP contribution in [0.2, 0.25) is 0 Å². The SMILES string of the molecule is CCNc1nnc(-c2sc(N(C)C)nc2CC)s1. The van der Waals surface area contributed by atoms with Crippen LogP contribution in [-0.4, -0.2) is 35.8 Å². The molecule has 18 heavy (non-hydrogen) atoms. The number of anilines is 2. The normalized spacial score (nSPS) is 10.7. The number of aromatic nitrogens is 3. The summed E-state index contributed by atoms with van der Waals surface area (Å²) in [5, 5.41) is 14.4. The van der Waals surface area contributed by atoms with Crippen LogP contribution < -0.4 is 10.2 Å². The summed E-state index contributed by atoms with van der Waals surface area (Å²) in [6, 6.07) is 0. The molecule has 0 atom stereocenters. The Kier molecular flexibility index (Phi) is 4.13. The molecule has 0 aliphatic rings. The van der Waals surface area contributed by atoms with E-state index < -0.39 is 0 Å². The van der Waals surface area contributed by atoms with Crippen molar-refractivity contribution in [3.05, 3.63) is 5.69 Å². The number of hydrogen-bond donors (Lipinski definition) is 1. The summed E-state index contributed by atoms with van der Waals surface area (Å²) in [7, 11) is 4.01. The van der Waals surface area contributed by atoms with Crippen LogP contribution >= 0.6 is 22.7 Å². The Morgan fingerprint density at radius 1 is 1.17 bits per heavy atom. The lowest BCUT2D eigenvalue weighted by atomic mass is 10.3. The van der Waals surface area contributed by atoms with Gasteiger partial charge in [0, 0.05) is 20.6 Å². The highest BCUT2D eigenvalue weighted by Gasteiger charge is 2.16. The van der Waals surface area contributed by atoms with Crippen molar-refractivity contribution in [1.29, 1.82) is 0 Å². The summed E-state index contributed by atoms with van der Waals surface area (Å²) in [6.07, 6.45) is 0.912. The van der Waals surface area contributed by atoms with Gasteiger partial charge in [0.15, 0.2) is 10.1 Å². The fourth-order valence-electron chi connectivity index (χ4n) is 1.47. The molecule has 98 valence electrons. The number of thiazole rings is 1. The standard InChI is InChI=1S/C11H17N5S2/c1-5-7-8(17-11(13-7)16(3)4)9-14-15-10(18-9)12-6-2/h5-6H2,1-4H3,(H,12,15). The average Bonchev–Trinajstić information content (AvgIpc) is 2.94. The molecule has 1 N–H and O–H groups in total. The predicted molar refractivity (Wildman–Crippen MR) is 78.9 cm³/mol. The first-order valence-corrected chi connectivity index (χ1v) is 7.53. The van der Waals surface area contributed by atoms with Crippen molar-refractivity contribution < 1.29 is 0 Å². The Labute approximate surface area is 115 Å². The van der Waals surface area contributed by atoms with E-state index in [0.717, 1.165) is 38.8 Å². The van der Waals surface area contributed by atoms with Crippen LogP contribution in [0.3, 0.4) is 0 Å². The molecule has 5 nitrogen and oxygen atoms in total. The highest BCUT2D eigenvalue weighted by atomic mass is 32.1. The van der Waals surface area contributed by atoms with Crippen molar-refractivity contribution in [2.24, 2.45) is 0 Å². The van der Waals surface area contributed by atoms with Gasteiger partial charge in [-0.1, -0.05) is 29.6 Å². The molecular weight excluding hydrogens is 266 g/mol. The molecule has 0 bridgehead atoms. The van der Waals surface area contributed by atoms with E-state index in [-0.39, 0.29) is 0 Å². The Hall–Kier alpha value is -1.21. The van der Waals surface area contributed by atoms with Crippen molar-refractivity contribution in [3.63, 3.8) is 0 Å². The summed E-state index contributed by atoms with van der Waals surface area (Å²) in [5.74, 6) is 0. The monoisotopic (exact) mass is 283 g/mol. The minimum Gasteiger partial charge on any atom is -0.360 e. The van der Waals surface area contributed by atoms with E-state index in [0.29, 0.717) is 0 Å². The number of nitrogens with one attached hydrogen (secondary N) is 1. The lowest BCUT2D eigenvalue weighted by Gasteiger charge is -2.05. The Morgan fingerprint density at radius 3 is 2.56 bits per heavy atom. The second-order valence-corrected chi connectivity index (χ2v) is 5.92. The number of aryl methyl sites for hydroxylation is 1. The molecule has 0 aromatic carbocycles. The molecule has 0 saturated carbocycles. The van der Waals surface area contributed by atoms with Gasteiger partial charge in [0.05, 0.1) is 10.6 Å². The minimum atomic E-state index is 0.862. The van der Waals surface area contributed by atoms with Gasteiger partial charge in [0.2, 0.25) is 5.13 Å². The van der Waals surface area contributed by atoms with E-state index in [9.17, 15) is 0 Å². The Balaban J connectivity index is 2.35. The van der Waals surface area contributed by atoms with Gasteiger partial charge < -0.3 is 10.2 Å². The van der Waals surface area contributed by atoms with Crippen molar-refractivity contribution in [2.45, 2.75) is 20.3 Å².